The predicted octanol–water partition coefficient (Wildman–Crippen LogP) is 3.92. The minimum Gasteiger partial charge on any atom is -0.498 e. The molecule has 0 saturated heterocycles. The zero-order valence-corrected chi connectivity index (χ0v) is 14.5. The van der Waals surface area contributed by atoms with Gasteiger partial charge in [-0.3, -0.25) is 4.79 Å². The monoisotopic (exact) mass is 304 g/mol. The molecule has 1 aromatic carbocycles. The maximum atomic E-state index is 12.5. The quantitative estimate of drug-likeness (QED) is 0.773. The van der Waals surface area contributed by atoms with Crippen molar-refractivity contribution in [2.24, 2.45) is 0 Å². The lowest BCUT2D eigenvalue weighted by Crippen LogP contribution is -2.28. The molecule has 0 heterocycles. The van der Waals surface area contributed by atoms with Crippen LogP contribution in [-0.4, -0.2) is 27.6 Å². The minimum atomic E-state index is -1.70. The van der Waals surface area contributed by atoms with Crippen LogP contribution >= 0.6 is 0 Å². The number of rotatable bonds is 5. The molecule has 4 heteroatoms. The summed E-state index contributed by atoms with van der Waals surface area (Å²) in [6, 6.07) is 7.94. The molecule has 0 aliphatic heterocycles. The van der Waals surface area contributed by atoms with Crippen molar-refractivity contribution in [2.45, 2.75) is 38.9 Å². The van der Waals surface area contributed by atoms with Crippen molar-refractivity contribution < 1.29 is 14.3 Å². The molecule has 1 aliphatic carbocycles. The molecule has 3 nitrogen and oxygen atoms in total. The molecule has 1 unspecified atom stereocenters. The van der Waals surface area contributed by atoms with Gasteiger partial charge in [0.05, 0.1) is 21.8 Å². The van der Waals surface area contributed by atoms with Gasteiger partial charge in [0.2, 0.25) is 0 Å². The molecule has 0 saturated carbocycles. The van der Waals surface area contributed by atoms with E-state index in [4.69, 9.17) is 9.47 Å². The maximum Gasteiger partial charge on any atom is 0.159 e. The molecule has 1 aliphatic rings. The van der Waals surface area contributed by atoms with E-state index in [1.54, 1.807) is 7.11 Å². The molecule has 0 aromatic heterocycles. The molecule has 114 valence electrons. The molecule has 1 aromatic rings. The number of Topliss-reactive ketones (excluding diaryl/α,β-unsaturated/α-hetero) is 1. The average molecular weight is 304 g/mol. The Morgan fingerprint density at radius 3 is 2.29 bits per heavy atom. The predicted molar refractivity (Wildman–Crippen MR) is 87.4 cm³/mol. The first kappa shape index (κ1) is 15.8. The van der Waals surface area contributed by atoms with Gasteiger partial charge in [0.1, 0.15) is 11.5 Å². The summed E-state index contributed by atoms with van der Waals surface area (Å²) in [7, 11) is -0.0439. The first-order valence-corrected chi connectivity index (χ1v) is 10.9. The summed E-state index contributed by atoms with van der Waals surface area (Å²) in [5, 5.41) is 0.977. The Morgan fingerprint density at radius 2 is 1.81 bits per heavy atom. The molecule has 21 heavy (non-hydrogen) atoms. The van der Waals surface area contributed by atoms with Crippen LogP contribution in [-0.2, 0) is 9.53 Å². The van der Waals surface area contributed by atoms with Gasteiger partial charge in [0.25, 0.3) is 0 Å². The number of carbonyl (C=O) groups excluding carboxylic acids is 1. The van der Waals surface area contributed by atoms with Gasteiger partial charge in [-0.2, -0.15) is 0 Å². The summed E-state index contributed by atoms with van der Waals surface area (Å²) in [5.41, 5.74) is 1.13. The molecule has 2 rings (SSSR count). The highest BCUT2D eigenvalue weighted by atomic mass is 28.3. The summed E-state index contributed by atoms with van der Waals surface area (Å²) in [6.07, 6.45) is 0.529. The molecule has 0 amide bonds. The van der Waals surface area contributed by atoms with E-state index in [-0.39, 0.29) is 11.7 Å². The standard InChI is InChI=1S/C17H24O3Si/c1-6-20-16-14(11-15(18)17(16)21(3,4)5)12-7-9-13(19-2)10-8-12/h7-10,14H,6,11H2,1-5H3. The molecule has 0 bridgehead atoms. The summed E-state index contributed by atoms with van der Waals surface area (Å²) < 4.78 is 11.1. The highest BCUT2D eigenvalue weighted by Crippen LogP contribution is 2.41. The number of carbonyl (C=O) groups is 1. The van der Waals surface area contributed by atoms with Crippen LogP contribution in [0.5, 0.6) is 5.75 Å². The number of ether oxygens (including phenoxy) is 2. The second-order valence-electron chi connectivity index (χ2n) is 6.38. The largest absolute Gasteiger partial charge is 0.498 e. The van der Waals surface area contributed by atoms with Crippen molar-refractivity contribution in [1.29, 1.82) is 0 Å². The summed E-state index contributed by atoms with van der Waals surface area (Å²) in [5.74, 6) is 2.06. The van der Waals surface area contributed by atoms with Crippen molar-refractivity contribution in [2.75, 3.05) is 13.7 Å². The second-order valence-corrected chi connectivity index (χ2v) is 11.4. The van der Waals surface area contributed by atoms with Crippen molar-refractivity contribution in [3.8, 4) is 5.75 Å². The van der Waals surface area contributed by atoms with E-state index >= 15 is 0 Å². The molecular weight excluding hydrogens is 280 g/mol. The number of methoxy groups -OCH3 is 1. The Balaban J connectivity index is 2.43. The lowest BCUT2D eigenvalue weighted by Gasteiger charge is -2.21. The molecule has 0 spiro atoms. The van der Waals surface area contributed by atoms with Crippen molar-refractivity contribution in [3.63, 3.8) is 0 Å². The van der Waals surface area contributed by atoms with Gasteiger partial charge in [-0.1, -0.05) is 31.8 Å². The first-order valence-electron chi connectivity index (χ1n) is 7.43. The van der Waals surface area contributed by atoms with E-state index in [9.17, 15) is 4.79 Å². The lowest BCUT2D eigenvalue weighted by atomic mass is 9.97. The fourth-order valence-electron chi connectivity index (χ4n) is 2.91. The number of benzene rings is 1. The number of hydrogen-bond donors (Lipinski definition) is 0. The number of hydrogen-bond acceptors (Lipinski definition) is 3. The van der Waals surface area contributed by atoms with Crippen molar-refractivity contribution in [3.05, 3.63) is 40.8 Å². The van der Waals surface area contributed by atoms with Gasteiger partial charge in [-0.25, -0.2) is 0 Å². The van der Waals surface area contributed by atoms with Crippen molar-refractivity contribution in [1.82, 2.24) is 0 Å². The Morgan fingerprint density at radius 1 is 1.19 bits per heavy atom. The first-order chi connectivity index (χ1) is 9.88. The van der Waals surface area contributed by atoms with Gasteiger partial charge in [-0.15, -0.1) is 0 Å². The summed E-state index contributed by atoms with van der Waals surface area (Å²) in [4.78, 5) is 12.5. The van der Waals surface area contributed by atoms with Crippen LogP contribution in [0, 0.1) is 0 Å². The van der Waals surface area contributed by atoms with E-state index in [0.29, 0.717) is 13.0 Å². The van der Waals surface area contributed by atoms with Crippen LogP contribution in [0.3, 0.4) is 0 Å². The van der Waals surface area contributed by atoms with Crippen LogP contribution in [0.1, 0.15) is 24.8 Å². The van der Waals surface area contributed by atoms with Crippen LogP contribution in [0.15, 0.2) is 35.2 Å². The Kier molecular flexibility index (Phi) is 4.57. The van der Waals surface area contributed by atoms with Gasteiger partial charge in [0, 0.05) is 17.5 Å². The van der Waals surface area contributed by atoms with Gasteiger partial charge >= 0.3 is 0 Å². The van der Waals surface area contributed by atoms with Crippen LogP contribution in [0.2, 0.25) is 19.6 Å². The summed E-state index contributed by atoms with van der Waals surface area (Å²) >= 11 is 0. The maximum absolute atomic E-state index is 12.5. The van der Waals surface area contributed by atoms with Crippen molar-refractivity contribution >= 4 is 13.9 Å². The Labute approximate surface area is 128 Å². The lowest BCUT2D eigenvalue weighted by molar-refractivity contribution is -0.114. The third-order valence-corrected chi connectivity index (χ3v) is 5.82. The van der Waals surface area contributed by atoms with Crippen LogP contribution in [0.4, 0.5) is 0 Å². The molecular formula is C17H24O3Si. The zero-order valence-electron chi connectivity index (χ0n) is 13.5. The molecule has 0 N–H and O–H groups in total. The third-order valence-electron chi connectivity index (χ3n) is 3.80. The average Bonchev–Trinajstić information content (AvgIpc) is 2.76. The third kappa shape index (κ3) is 3.21. The fourth-order valence-corrected chi connectivity index (χ4v) is 4.84. The smallest absolute Gasteiger partial charge is 0.159 e. The summed E-state index contributed by atoms with van der Waals surface area (Å²) in [6.45, 7) is 9.19. The minimum absolute atomic E-state index is 0.0603. The highest BCUT2D eigenvalue weighted by Gasteiger charge is 2.40. The van der Waals surface area contributed by atoms with Gasteiger partial charge in [-0.05, 0) is 24.6 Å². The molecule has 1 atom stereocenters. The SMILES string of the molecule is CCOC1=C([Si](C)(C)C)C(=O)CC1c1ccc(OC)cc1. The van der Waals surface area contributed by atoms with Crippen LogP contribution in [0.25, 0.3) is 0 Å². The highest BCUT2D eigenvalue weighted by molar-refractivity contribution is 6.87. The number of ketones is 1. The van der Waals surface area contributed by atoms with Crippen LogP contribution < -0.4 is 4.74 Å². The molecule has 0 radical (unpaired) electrons. The number of allylic oxidation sites excluding steroid dienone is 2. The van der Waals surface area contributed by atoms with E-state index < -0.39 is 8.07 Å². The van der Waals surface area contributed by atoms with Gasteiger partial charge in [0.15, 0.2) is 5.78 Å². The molecule has 0 fully saturated rings. The normalized spacial score (nSPS) is 19.1. The van der Waals surface area contributed by atoms with E-state index in [1.165, 1.54) is 0 Å². The fraction of sp³-hybridized carbons (Fsp3) is 0.471. The van der Waals surface area contributed by atoms with E-state index in [2.05, 4.69) is 19.6 Å². The van der Waals surface area contributed by atoms with E-state index in [0.717, 1.165) is 22.3 Å². The zero-order chi connectivity index (χ0) is 15.6. The Bertz CT molecular complexity index is 552. The Hall–Kier alpha value is -1.55. The van der Waals surface area contributed by atoms with Gasteiger partial charge < -0.3 is 9.47 Å². The second kappa shape index (κ2) is 6.06. The topological polar surface area (TPSA) is 35.5 Å². The van der Waals surface area contributed by atoms with E-state index in [1.807, 2.05) is 31.2 Å².